The summed E-state index contributed by atoms with van der Waals surface area (Å²) in [7, 11) is 3.26. The Bertz CT molecular complexity index is 638. The summed E-state index contributed by atoms with van der Waals surface area (Å²) in [5.41, 5.74) is 8.69. The maximum atomic E-state index is 12.6. The molecular formula is C16H18N2O2. The lowest BCUT2D eigenvalue weighted by Crippen LogP contribution is -2.27. The van der Waals surface area contributed by atoms with Crippen LogP contribution in [0.25, 0.3) is 0 Å². The summed E-state index contributed by atoms with van der Waals surface area (Å²) in [6.45, 7) is 1.94. The second-order valence-corrected chi connectivity index (χ2v) is 4.63. The molecule has 4 nitrogen and oxygen atoms in total. The predicted octanol–water partition coefficient (Wildman–Crippen LogP) is 2.86. The smallest absolute Gasteiger partial charge is 0.261 e. The van der Waals surface area contributed by atoms with E-state index < -0.39 is 0 Å². The van der Waals surface area contributed by atoms with Crippen LogP contribution < -0.4 is 15.4 Å². The first-order chi connectivity index (χ1) is 9.54. The van der Waals surface area contributed by atoms with Crippen molar-refractivity contribution in [1.29, 1.82) is 0 Å². The molecule has 0 aliphatic carbocycles. The molecule has 0 spiro atoms. The molecule has 4 heteroatoms. The molecule has 20 heavy (non-hydrogen) atoms. The van der Waals surface area contributed by atoms with Gasteiger partial charge in [-0.25, -0.2) is 0 Å². The van der Waals surface area contributed by atoms with Gasteiger partial charge in [-0.3, -0.25) is 4.79 Å². The third kappa shape index (κ3) is 2.59. The molecule has 0 aliphatic rings. The van der Waals surface area contributed by atoms with Gasteiger partial charge < -0.3 is 15.4 Å². The Balaban J connectivity index is 2.41. The van der Waals surface area contributed by atoms with Crippen molar-refractivity contribution in [2.24, 2.45) is 0 Å². The van der Waals surface area contributed by atoms with Crippen molar-refractivity contribution >= 4 is 17.3 Å². The number of nitrogens with zero attached hydrogens (tertiary/aromatic N) is 1. The molecule has 0 saturated carbocycles. The molecule has 0 bridgehead atoms. The zero-order valence-corrected chi connectivity index (χ0v) is 11.9. The van der Waals surface area contributed by atoms with Crippen LogP contribution in [0, 0.1) is 6.92 Å². The Morgan fingerprint density at radius 2 is 1.90 bits per heavy atom. The topological polar surface area (TPSA) is 55.6 Å². The van der Waals surface area contributed by atoms with Gasteiger partial charge in [-0.05, 0) is 31.2 Å². The molecule has 0 fully saturated rings. The SMILES string of the molecule is COc1ccc(C)cc1C(=O)N(C)c1ccccc1N. The summed E-state index contributed by atoms with van der Waals surface area (Å²) in [6, 6.07) is 12.8. The molecule has 1 amide bonds. The third-order valence-corrected chi connectivity index (χ3v) is 3.19. The zero-order valence-electron chi connectivity index (χ0n) is 11.9. The van der Waals surface area contributed by atoms with E-state index in [1.807, 2.05) is 37.3 Å². The lowest BCUT2D eigenvalue weighted by molar-refractivity contribution is 0.0990. The molecular weight excluding hydrogens is 252 g/mol. The number of anilines is 2. The average Bonchev–Trinajstić information content (AvgIpc) is 2.46. The number of methoxy groups -OCH3 is 1. The van der Waals surface area contributed by atoms with Crippen LogP contribution in [-0.2, 0) is 0 Å². The first-order valence-electron chi connectivity index (χ1n) is 6.31. The Labute approximate surface area is 118 Å². The second kappa shape index (κ2) is 5.65. The number of nitrogen functional groups attached to an aromatic ring is 1. The molecule has 2 rings (SSSR count). The fourth-order valence-corrected chi connectivity index (χ4v) is 2.07. The molecule has 0 atom stereocenters. The van der Waals surface area contributed by atoms with Gasteiger partial charge >= 0.3 is 0 Å². The molecule has 0 unspecified atom stereocenters. The Morgan fingerprint density at radius 3 is 2.55 bits per heavy atom. The zero-order chi connectivity index (χ0) is 14.7. The summed E-state index contributed by atoms with van der Waals surface area (Å²) in [4.78, 5) is 14.2. The van der Waals surface area contributed by atoms with E-state index in [2.05, 4.69) is 0 Å². The number of aryl methyl sites for hydroxylation is 1. The standard InChI is InChI=1S/C16H18N2O2/c1-11-8-9-15(20-3)12(10-11)16(19)18(2)14-7-5-4-6-13(14)17/h4-10H,17H2,1-3H3. The number of para-hydroxylation sites is 2. The van der Waals surface area contributed by atoms with E-state index in [9.17, 15) is 4.79 Å². The third-order valence-electron chi connectivity index (χ3n) is 3.19. The molecule has 104 valence electrons. The molecule has 2 aromatic rings. The minimum atomic E-state index is -0.150. The van der Waals surface area contributed by atoms with Crippen molar-refractivity contribution in [2.75, 3.05) is 24.8 Å². The van der Waals surface area contributed by atoms with Crippen LogP contribution in [0.5, 0.6) is 5.75 Å². The highest BCUT2D eigenvalue weighted by Gasteiger charge is 2.19. The number of carbonyl (C=O) groups excluding carboxylic acids is 1. The Hall–Kier alpha value is -2.49. The van der Waals surface area contributed by atoms with Crippen molar-refractivity contribution in [2.45, 2.75) is 6.92 Å². The molecule has 0 heterocycles. The normalized spacial score (nSPS) is 10.2. The Morgan fingerprint density at radius 1 is 1.20 bits per heavy atom. The number of nitrogens with two attached hydrogens (primary N) is 1. The van der Waals surface area contributed by atoms with Gasteiger partial charge in [-0.1, -0.05) is 23.8 Å². The van der Waals surface area contributed by atoms with Gasteiger partial charge in [0, 0.05) is 7.05 Å². The number of rotatable bonds is 3. The first kappa shape index (κ1) is 13.9. The maximum Gasteiger partial charge on any atom is 0.261 e. The average molecular weight is 270 g/mol. The van der Waals surface area contributed by atoms with Crippen LogP contribution in [0.3, 0.4) is 0 Å². The molecule has 0 radical (unpaired) electrons. The van der Waals surface area contributed by atoms with Crippen LogP contribution in [0.4, 0.5) is 11.4 Å². The number of hydrogen-bond acceptors (Lipinski definition) is 3. The minimum Gasteiger partial charge on any atom is -0.496 e. The van der Waals surface area contributed by atoms with Gasteiger partial charge in [0.25, 0.3) is 5.91 Å². The summed E-state index contributed by atoms with van der Waals surface area (Å²) in [5.74, 6) is 0.408. The lowest BCUT2D eigenvalue weighted by atomic mass is 10.1. The van der Waals surface area contributed by atoms with Crippen molar-refractivity contribution in [3.63, 3.8) is 0 Å². The fraction of sp³-hybridized carbons (Fsp3) is 0.188. The Kier molecular flexibility index (Phi) is 3.94. The lowest BCUT2D eigenvalue weighted by Gasteiger charge is -2.20. The van der Waals surface area contributed by atoms with Gasteiger partial charge in [0.05, 0.1) is 24.0 Å². The number of carbonyl (C=O) groups is 1. The fourth-order valence-electron chi connectivity index (χ4n) is 2.07. The van der Waals surface area contributed by atoms with E-state index in [1.165, 1.54) is 4.90 Å². The number of amides is 1. The van der Waals surface area contributed by atoms with E-state index in [0.29, 0.717) is 22.7 Å². The summed E-state index contributed by atoms with van der Waals surface area (Å²) in [6.07, 6.45) is 0. The van der Waals surface area contributed by atoms with Crippen LogP contribution in [0.2, 0.25) is 0 Å². The summed E-state index contributed by atoms with van der Waals surface area (Å²) in [5, 5.41) is 0. The van der Waals surface area contributed by atoms with Gasteiger partial charge in [0.1, 0.15) is 5.75 Å². The van der Waals surface area contributed by atoms with E-state index in [-0.39, 0.29) is 5.91 Å². The summed E-state index contributed by atoms with van der Waals surface area (Å²) >= 11 is 0. The van der Waals surface area contributed by atoms with E-state index in [4.69, 9.17) is 10.5 Å². The largest absolute Gasteiger partial charge is 0.496 e. The van der Waals surface area contributed by atoms with Crippen molar-refractivity contribution in [3.05, 3.63) is 53.6 Å². The van der Waals surface area contributed by atoms with Crippen molar-refractivity contribution in [3.8, 4) is 5.75 Å². The molecule has 2 aromatic carbocycles. The summed E-state index contributed by atoms with van der Waals surface area (Å²) < 4.78 is 5.26. The van der Waals surface area contributed by atoms with Gasteiger partial charge in [-0.15, -0.1) is 0 Å². The van der Waals surface area contributed by atoms with Crippen molar-refractivity contribution in [1.82, 2.24) is 0 Å². The van der Waals surface area contributed by atoms with E-state index in [0.717, 1.165) is 5.56 Å². The second-order valence-electron chi connectivity index (χ2n) is 4.63. The first-order valence-corrected chi connectivity index (χ1v) is 6.31. The number of benzene rings is 2. The highest BCUT2D eigenvalue weighted by molar-refractivity contribution is 6.09. The number of ether oxygens (including phenoxy) is 1. The van der Waals surface area contributed by atoms with Crippen molar-refractivity contribution < 1.29 is 9.53 Å². The highest BCUT2D eigenvalue weighted by Crippen LogP contribution is 2.26. The molecule has 0 saturated heterocycles. The monoisotopic (exact) mass is 270 g/mol. The maximum absolute atomic E-state index is 12.6. The molecule has 0 aliphatic heterocycles. The predicted molar refractivity (Wildman–Crippen MR) is 81.3 cm³/mol. The van der Waals surface area contributed by atoms with Gasteiger partial charge in [0.2, 0.25) is 0 Å². The quantitative estimate of drug-likeness (QED) is 0.872. The van der Waals surface area contributed by atoms with Crippen LogP contribution >= 0.6 is 0 Å². The van der Waals surface area contributed by atoms with Crippen LogP contribution in [-0.4, -0.2) is 20.1 Å². The number of hydrogen-bond donors (Lipinski definition) is 1. The minimum absolute atomic E-state index is 0.150. The van der Waals surface area contributed by atoms with Crippen LogP contribution in [0.15, 0.2) is 42.5 Å². The van der Waals surface area contributed by atoms with Gasteiger partial charge in [-0.2, -0.15) is 0 Å². The van der Waals surface area contributed by atoms with E-state index >= 15 is 0 Å². The van der Waals surface area contributed by atoms with E-state index in [1.54, 1.807) is 26.3 Å². The van der Waals surface area contributed by atoms with Gasteiger partial charge in [0.15, 0.2) is 0 Å². The molecule has 2 N–H and O–H groups in total. The molecule has 0 aromatic heterocycles. The van der Waals surface area contributed by atoms with Crippen LogP contribution in [0.1, 0.15) is 15.9 Å². The highest BCUT2D eigenvalue weighted by atomic mass is 16.5.